The predicted molar refractivity (Wildman–Crippen MR) is 189 cm³/mol. The molecule has 46 heavy (non-hydrogen) atoms. The molecule has 0 aliphatic rings. The fraction of sp³-hybridized carbons (Fsp3) is 0. The second-order valence-corrected chi connectivity index (χ2v) is 11.7. The molecule has 214 valence electrons. The Kier molecular flexibility index (Phi) is 5.22. The third kappa shape index (κ3) is 3.60. The van der Waals surface area contributed by atoms with Gasteiger partial charge in [-0.05, 0) is 58.3 Å². The molecule has 6 aromatic carbocycles. The number of hydrogen-bond acceptors (Lipinski definition) is 3. The lowest BCUT2D eigenvalue weighted by Gasteiger charge is -2.13. The number of nitrogens with zero attached hydrogens (tertiary/aromatic N) is 5. The highest BCUT2D eigenvalue weighted by Crippen LogP contribution is 2.38. The molecule has 5 heteroatoms. The molecule has 4 aromatic heterocycles. The van der Waals surface area contributed by atoms with Crippen LogP contribution >= 0.6 is 0 Å². The smallest absolute Gasteiger partial charge is 0.235 e. The molecule has 0 radical (unpaired) electrons. The van der Waals surface area contributed by atoms with Crippen molar-refractivity contribution in [3.05, 3.63) is 152 Å². The lowest BCUT2D eigenvalue weighted by atomic mass is 9.96. The SMILES string of the molecule is c1ccc2c(-c3ccc(-c4nc(-n5c6ccccc6c6ccc7c(nc8ccccn87)c65)nc5ccccc45)cc3)cccc2c1. The highest BCUT2D eigenvalue weighted by molar-refractivity contribution is 6.17. The normalized spacial score (nSPS) is 11.9. The summed E-state index contributed by atoms with van der Waals surface area (Å²) in [5.41, 5.74) is 10.2. The highest BCUT2D eigenvalue weighted by Gasteiger charge is 2.21. The molecule has 0 fully saturated rings. The molecule has 0 bridgehead atoms. The van der Waals surface area contributed by atoms with Gasteiger partial charge in [0, 0.05) is 27.9 Å². The molecule has 5 nitrogen and oxygen atoms in total. The van der Waals surface area contributed by atoms with Gasteiger partial charge in [0.2, 0.25) is 5.95 Å². The molecule has 0 saturated heterocycles. The Morgan fingerprint density at radius 1 is 0.457 bits per heavy atom. The summed E-state index contributed by atoms with van der Waals surface area (Å²) in [7, 11) is 0. The Hall–Kier alpha value is -6.33. The Labute approximate surface area is 263 Å². The van der Waals surface area contributed by atoms with E-state index in [0.29, 0.717) is 5.95 Å². The summed E-state index contributed by atoms with van der Waals surface area (Å²) >= 11 is 0. The van der Waals surface area contributed by atoms with Gasteiger partial charge in [-0.15, -0.1) is 0 Å². The summed E-state index contributed by atoms with van der Waals surface area (Å²) in [6.45, 7) is 0. The Balaban J connectivity index is 1.23. The van der Waals surface area contributed by atoms with E-state index in [9.17, 15) is 0 Å². The van der Waals surface area contributed by atoms with Gasteiger partial charge in [0.1, 0.15) is 11.2 Å². The van der Waals surface area contributed by atoms with Crippen LogP contribution in [0, 0.1) is 0 Å². The molecule has 0 saturated carbocycles. The van der Waals surface area contributed by atoms with E-state index in [1.165, 1.54) is 21.9 Å². The molecule has 10 aromatic rings. The second kappa shape index (κ2) is 9.58. The van der Waals surface area contributed by atoms with Crippen LogP contribution in [-0.2, 0) is 0 Å². The third-order valence-electron chi connectivity index (χ3n) is 9.16. The maximum absolute atomic E-state index is 5.34. The molecular formula is C41H25N5. The third-order valence-corrected chi connectivity index (χ3v) is 9.16. The number of benzene rings is 6. The van der Waals surface area contributed by atoms with Crippen LogP contribution in [0.25, 0.3) is 88.5 Å². The number of rotatable bonds is 3. The number of hydrogen-bond donors (Lipinski definition) is 0. The maximum atomic E-state index is 5.34. The van der Waals surface area contributed by atoms with Crippen molar-refractivity contribution in [3.63, 3.8) is 0 Å². The van der Waals surface area contributed by atoms with Crippen molar-refractivity contribution in [2.75, 3.05) is 0 Å². The Bertz CT molecular complexity index is 2800. The molecule has 0 unspecified atom stereocenters. The molecule has 0 atom stereocenters. The number of para-hydroxylation sites is 2. The zero-order chi connectivity index (χ0) is 30.2. The van der Waals surface area contributed by atoms with E-state index >= 15 is 0 Å². The van der Waals surface area contributed by atoms with Crippen molar-refractivity contribution in [1.29, 1.82) is 0 Å². The molecule has 0 aliphatic heterocycles. The van der Waals surface area contributed by atoms with Crippen LogP contribution in [0.5, 0.6) is 0 Å². The maximum Gasteiger partial charge on any atom is 0.235 e. The van der Waals surface area contributed by atoms with Crippen LogP contribution in [0.15, 0.2) is 152 Å². The zero-order valence-corrected chi connectivity index (χ0v) is 24.7. The summed E-state index contributed by atoms with van der Waals surface area (Å²) in [5, 5.41) is 5.78. The van der Waals surface area contributed by atoms with E-state index in [0.717, 1.165) is 60.6 Å². The van der Waals surface area contributed by atoms with Crippen molar-refractivity contribution >= 4 is 60.2 Å². The first-order valence-corrected chi connectivity index (χ1v) is 15.5. The quantitative estimate of drug-likeness (QED) is 0.207. The van der Waals surface area contributed by atoms with Crippen LogP contribution in [0.2, 0.25) is 0 Å². The molecule has 0 amide bonds. The van der Waals surface area contributed by atoms with Gasteiger partial charge in [-0.25, -0.2) is 15.0 Å². The predicted octanol–water partition coefficient (Wildman–Crippen LogP) is 10.0. The number of pyridine rings is 1. The van der Waals surface area contributed by atoms with Crippen molar-refractivity contribution < 1.29 is 0 Å². The van der Waals surface area contributed by atoms with Crippen molar-refractivity contribution in [2.24, 2.45) is 0 Å². The fourth-order valence-electron chi connectivity index (χ4n) is 7.05. The van der Waals surface area contributed by atoms with Crippen molar-refractivity contribution in [1.82, 2.24) is 23.9 Å². The van der Waals surface area contributed by atoms with Gasteiger partial charge in [0.05, 0.1) is 27.8 Å². The van der Waals surface area contributed by atoms with E-state index < -0.39 is 0 Å². The average molecular weight is 588 g/mol. The van der Waals surface area contributed by atoms with Gasteiger partial charge < -0.3 is 0 Å². The largest absolute Gasteiger partial charge is 0.300 e. The van der Waals surface area contributed by atoms with Crippen LogP contribution in [-0.4, -0.2) is 23.9 Å². The standard InChI is InChI=1S/C41H25N5/c1-2-12-29-26(10-1)11-9-15-30(29)27-19-21-28(22-20-27)38-33-14-3-5-16-34(33)42-41(44-38)46-35-17-6-4-13-31(35)32-23-24-36-39(40(32)46)43-37-18-7-8-25-45(36)37/h1-25H. The minimum atomic E-state index is 0.627. The number of aromatic nitrogens is 5. The molecular weight excluding hydrogens is 562 g/mol. The Morgan fingerprint density at radius 3 is 2.11 bits per heavy atom. The molecule has 0 N–H and O–H groups in total. The number of fused-ring (bicyclic) bond motifs is 9. The molecule has 4 heterocycles. The minimum absolute atomic E-state index is 0.627. The van der Waals surface area contributed by atoms with Crippen molar-refractivity contribution in [2.45, 2.75) is 0 Å². The van der Waals surface area contributed by atoms with Gasteiger partial charge in [-0.1, -0.05) is 109 Å². The lowest BCUT2D eigenvalue weighted by Crippen LogP contribution is -2.03. The summed E-state index contributed by atoms with van der Waals surface area (Å²) in [6, 6.07) is 51.0. The van der Waals surface area contributed by atoms with Gasteiger partial charge in [-0.3, -0.25) is 8.97 Å². The summed E-state index contributed by atoms with van der Waals surface area (Å²) in [4.78, 5) is 15.6. The van der Waals surface area contributed by atoms with Crippen molar-refractivity contribution in [3.8, 4) is 28.3 Å². The van der Waals surface area contributed by atoms with Crippen LogP contribution in [0.3, 0.4) is 0 Å². The zero-order valence-electron chi connectivity index (χ0n) is 24.7. The van der Waals surface area contributed by atoms with Gasteiger partial charge in [-0.2, -0.15) is 0 Å². The monoisotopic (exact) mass is 587 g/mol. The lowest BCUT2D eigenvalue weighted by molar-refractivity contribution is 1.02. The number of imidazole rings is 1. The highest BCUT2D eigenvalue weighted by atomic mass is 15.2. The molecule has 0 spiro atoms. The summed E-state index contributed by atoms with van der Waals surface area (Å²) in [6.07, 6.45) is 2.07. The van der Waals surface area contributed by atoms with E-state index in [1.807, 2.05) is 24.3 Å². The van der Waals surface area contributed by atoms with Crippen LogP contribution < -0.4 is 0 Å². The first kappa shape index (κ1) is 25.0. The first-order chi connectivity index (χ1) is 22.8. The van der Waals surface area contributed by atoms with E-state index in [1.54, 1.807) is 0 Å². The Morgan fingerprint density at radius 2 is 1.20 bits per heavy atom. The fourth-order valence-corrected chi connectivity index (χ4v) is 7.05. The first-order valence-electron chi connectivity index (χ1n) is 15.5. The molecule has 10 rings (SSSR count). The minimum Gasteiger partial charge on any atom is -0.300 e. The molecule has 0 aliphatic carbocycles. The second-order valence-electron chi connectivity index (χ2n) is 11.7. The van der Waals surface area contributed by atoms with Crippen LogP contribution in [0.4, 0.5) is 0 Å². The van der Waals surface area contributed by atoms with Crippen LogP contribution in [0.1, 0.15) is 0 Å². The van der Waals surface area contributed by atoms with E-state index in [4.69, 9.17) is 15.0 Å². The van der Waals surface area contributed by atoms with Gasteiger partial charge in [0.25, 0.3) is 0 Å². The summed E-state index contributed by atoms with van der Waals surface area (Å²) < 4.78 is 4.33. The van der Waals surface area contributed by atoms with Gasteiger partial charge in [0.15, 0.2) is 0 Å². The van der Waals surface area contributed by atoms with E-state index in [2.05, 4.69) is 136 Å². The summed E-state index contributed by atoms with van der Waals surface area (Å²) in [5.74, 6) is 0.627. The topological polar surface area (TPSA) is 48.0 Å². The van der Waals surface area contributed by atoms with Gasteiger partial charge >= 0.3 is 0 Å². The van der Waals surface area contributed by atoms with E-state index in [-0.39, 0.29) is 0 Å². The average Bonchev–Trinajstić information content (AvgIpc) is 3.67.